The third-order valence-corrected chi connectivity index (χ3v) is 3.45. The molecule has 0 aliphatic heterocycles. The summed E-state index contributed by atoms with van der Waals surface area (Å²) in [6.45, 7) is 5.78. The standard InChI is InChI=1S/C13H18BrN/c1-2-15(9-11-6-7-11)10-12-4-3-5-13(14)8-12/h3-5,8,11H,2,6-7,9-10H2,1H3. The number of halogens is 1. The fourth-order valence-electron chi connectivity index (χ4n) is 1.86. The minimum atomic E-state index is 0.983. The second-order valence-corrected chi connectivity index (χ2v) is 5.32. The third-order valence-electron chi connectivity index (χ3n) is 2.96. The van der Waals surface area contributed by atoms with Gasteiger partial charge in [0.25, 0.3) is 0 Å². The maximum atomic E-state index is 3.52. The van der Waals surface area contributed by atoms with Gasteiger partial charge in [-0.15, -0.1) is 0 Å². The summed E-state index contributed by atoms with van der Waals surface area (Å²) in [5.41, 5.74) is 1.41. The van der Waals surface area contributed by atoms with Crippen LogP contribution in [0.25, 0.3) is 0 Å². The highest BCUT2D eigenvalue weighted by Gasteiger charge is 2.23. The highest BCUT2D eigenvalue weighted by Crippen LogP contribution is 2.30. The molecule has 1 aromatic rings. The zero-order valence-electron chi connectivity index (χ0n) is 9.25. The lowest BCUT2D eigenvalue weighted by atomic mass is 10.2. The van der Waals surface area contributed by atoms with Crippen LogP contribution < -0.4 is 0 Å². The zero-order chi connectivity index (χ0) is 10.7. The summed E-state index contributed by atoms with van der Waals surface area (Å²) in [6.07, 6.45) is 2.88. The number of rotatable bonds is 5. The van der Waals surface area contributed by atoms with E-state index in [4.69, 9.17) is 0 Å². The largest absolute Gasteiger partial charge is 0.299 e. The summed E-state index contributed by atoms with van der Waals surface area (Å²) in [5, 5.41) is 0. The topological polar surface area (TPSA) is 3.24 Å². The second kappa shape index (κ2) is 5.13. The number of hydrogen-bond acceptors (Lipinski definition) is 1. The zero-order valence-corrected chi connectivity index (χ0v) is 10.8. The summed E-state index contributed by atoms with van der Waals surface area (Å²) >= 11 is 3.52. The molecule has 2 heteroatoms. The number of hydrogen-bond donors (Lipinski definition) is 0. The van der Waals surface area contributed by atoms with Gasteiger partial charge in [-0.2, -0.15) is 0 Å². The molecule has 1 fully saturated rings. The molecular formula is C13H18BrN. The van der Waals surface area contributed by atoms with Crippen LogP contribution in [0.3, 0.4) is 0 Å². The molecule has 1 aliphatic rings. The first-order valence-electron chi connectivity index (χ1n) is 5.74. The maximum Gasteiger partial charge on any atom is 0.0234 e. The quantitative estimate of drug-likeness (QED) is 0.787. The molecule has 0 spiro atoms. The lowest BCUT2D eigenvalue weighted by molar-refractivity contribution is 0.268. The van der Waals surface area contributed by atoms with Crippen LogP contribution in [0.4, 0.5) is 0 Å². The first-order chi connectivity index (χ1) is 7.28. The van der Waals surface area contributed by atoms with E-state index < -0.39 is 0 Å². The van der Waals surface area contributed by atoms with Gasteiger partial charge < -0.3 is 0 Å². The van der Waals surface area contributed by atoms with Crippen LogP contribution >= 0.6 is 15.9 Å². The van der Waals surface area contributed by atoms with Crippen LogP contribution in [0.15, 0.2) is 28.7 Å². The average Bonchev–Trinajstić information content (AvgIpc) is 3.01. The predicted molar refractivity (Wildman–Crippen MR) is 67.8 cm³/mol. The Kier molecular flexibility index (Phi) is 3.81. The molecule has 0 atom stereocenters. The molecule has 0 unspecified atom stereocenters. The summed E-state index contributed by atoms with van der Waals surface area (Å²) in [6, 6.07) is 8.63. The van der Waals surface area contributed by atoms with E-state index in [-0.39, 0.29) is 0 Å². The van der Waals surface area contributed by atoms with Gasteiger partial charge in [-0.3, -0.25) is 4.90 Å². The Balaban J connectivity index is 1.92. The molecule has 2 rings (SSSR count). The monoisotopic (exact) mass is 267 g/mol. The predicted octanol–water partition coefficient (Wildman–Crippen LogP) is 3.68. The van der Waals surface area contributed by atoms with E-state index in [1.54, 1.807) is 0 Å². The van der Waals surface area contributed by atoms with Crippen molar-refractivity contribution in [2.24, 2.45) is 5.92 Å². The van der Waals surface area contributed by atoms with Crippen LogP contribution in [-0.4, -0.2) is 18.0 Å². The van der Waals surface area contributed by atoms with Gasteiger partial charge in [0.2, 0.25) is 0 Å². The fourth-order valence-corrected chi connectivity index (χ4v) is 2.31. The molecule has 1 aromatic carbocycles. The van der Waals surface area contributed by atoms with E-state index in [0.29, 0.717) is 0 Å². The first kappa shape index (κ1) is 11.2. The summed E-state index contributed by atoms with van der Waals surface area (Å²) in [4.78, 5) is 2.54. The van der Waals surface area contributed by atoms with Crippen molar-refractivity contribution >= 4 is 15.9 Å². The molecular weight excluding hydrogens is 250 g/mol. The maximum absolute atomic E-state index is 3.52. The minimum Gasteiger partial charge on any atom is -0.299 e. The highest BCUT2D eigenvalue weighted by atomic mass is 79.9. The number of benzene rings is 1. The number of nitrogens with zero attached hydrogens (tertiary/aromatic N) is 1. The van der Waals surface area contributed by atoms with Gasteiger partial charge >= 0.3 is 0 Å². The Labute approximate surface area is 101 Å². The molecule has 1 nitrogen and oxygen atoms in total. The Bertz CT molecular complexity index is 320. The van der Waals surface area contributed by atoms with E-state index in [0.717, 1.165) is 19.0 Å². The lowest BCUT2D eigenvalue weighted by Gasteiger charge is -2.20. The van der Waals surface area contributed by atoms with Crippen molar-refractivity contribution in [2.75, 3.05) is 13.1 Å². The van der Waals surface area contributed by atoms with Gasteiger partial charge in [-0.1, -0.05) is 35.0 Å². The van der Waals surface area contributed by atoms with E-state index in [1.807, 2.05) is 0 Å². The van der Waals surface area contributed by atoms with Crippen LogP contribution in [0.5, 0.6) is 0 Å². The van der Waals surface area contributed by atoms with Crippen LogP contribution in [-0.2, 0) is 6.54 Å². The van der Waals surface area contributed by atoms with Gasteiger partial charge in [0.1, 0.15) is 0 Å². The minimum absolute atomic E-state index is 0.983. The van der Waals surface area contributed by atoms with Gasteiger partial charge in [0.15, 0.2) is 0 Å². The average molecular weight is 268 g/mol. The van der Waals surface area contributed by atoms with Gasteiger partial charge in [-0.05, 0) is 43.0 Å². The Hall–Kier alpha value is -0.340. The molecule has 0 radical (unpaired) electrons. The van der Waals surface area contributed by atoms with Gasteiger partial charge in [0.05, 0.1) is 0 Å². The molecule has 0 saturated heterocycles. The summed E-state index contributed by atoms with van der Waals surface area (Å²) in [7, 11) is 0. The molecule has 1 saturated carbocycles. The smallest absolute Gasteiger partial charge is 0.0234 e. The molecule has 15 heavy (non-hydrogen) atoms. The SMILES string of the molecule is CCN(Cc1cccc(Br)c1)CC1CC1. The molecule has 0 aromatic heterocycles. The molecule has 0 bridgehead atoms. The van der Waals surface area contributed by atoms with E-state index in [1.165, 1.54) is 29.4 Å². The van der Waals surface area contributed by atoms with E-state index >= 15 is 0 Å². The van der Waals surface area contributed by atoms with E-state index in [2.05, 4.69) is 52.0 Å². The highest BCUT2D eigenvalue weighted by molar-refractivity contribution is 9.10. The second-order valence-electron chi connectivity index (χ2n) is 4.40. The van der Waals surface area contributed by atoms with Crippen LogP contribution in [0.1, 0.15) is 25.3 Å². The van der Waals surface area contributed by atoms with Crippen molar-refractivity contribution < 1.29 is 0 Å². The van der Waals surface area contributed by atoms with Crippen molar-refractivity contribution in [3.8, 4) is 0 Å². The Morgan fingerprint density at radius 3 is 2.80 bits per heavy atom. The van der Waals surface area contributed by atoms with Gasteiger partial charge in [0, 0.05) is 17.6 Å². The van der Waals surface area contributed by atoms with Crippen LogP contribution in [0.2, 0.25) is 0 Å². The fraction of sp³-hybridized carbons (Fsp3) is 0.538. The molecule has 0 heterocycles. The third kappa shape index (κ3) is 3.62. The van der Waals surface area contributed by atoms with E-state index in [9.17, 15) is 0 Å². The first-order valence-corrected chi connectivity index (χ1v) is 6.54. The van der Waals surface area contributed by atoms with Crippen molar-refractivity contribution in [1.82, 2.24) is 4.90 Å². The summed E-state index contributed by atoms with van der Waals surface area (Å²) < 4.78 is 1.18. The summed E-state index contributed by atoms with van der Waals surface area (Å²) in [5.74, 6) is 0.983. The molecule has 1 aliphatic carbocycles. The Morgan fingerprint density at radius 1 is 1.40 bits per heavy atom. The molecule has 0 amide bonds. The van der Waals surface area contributed by atoms with Crippen molar-refractivity contribution in [3.05, 3.63) is 34.3 Å². The van der Waals surface area contributed by atoms with Crippen molar-refractivity contribution in [2.45, 2.75) is 26.3 Å². The van der Waals surface area contributed by atoms with Crippen molar-refractivity contribution in [3.63, 3.8) is 0 Å². The lowest BCUT2D eigenvalue weighted by Crippen LogP contribution is -2.25. The Morgan fingerprint density at radius 2 is 2.20 bits per heavy atom. The van der Waals surface area contributed by atoms with Crippen LogP contribution in [0, 0.1) is 5.92 Å². The van der Waals surface area contributed by atoms with Crippen molar-refractivity contribution in [1.29, 1.82) is 0 Å². The molecule has 0 N–H and O–H groups in total. The molecule has 82 valence electrons. The van der Waals surface area contributed by atoms with Gasteiger partial charge in [-0.25, -0.2) is 0 Å². The normalized spacial score (nSPS) is 15.9.